The highest BCUT2D eigenvalue weighted by molar-refractivity contribution is 5.70. The van der Waals surface area contributed by atoms with Crippen LogP contribution in [0.15, 0.2) is 12.1 Å². The molecular weight excluding hydrogens is 232 g/mol. The van der Waals surface area contributed by atoms with Crippen LogP contribution in [0.3, 0.4) is 0 Å². The number of benzene rings is 1. The van der Waals surface area contributed by atoms with Gasteiger partial charge in [0.2, 0.25) is 0 Å². The van der Waals surface area contributed by atoms with E-state index in [9.17, 15) is 13.6 Å². The highest BCUT2D eigenvalue weighted by Crippen LogP contribution is 2.31. The van der Waals surface area contributed by atoms with Gasteiger partial charge in [-0.05, 0) is 24.1 Å². The Hall–Kier alpha value is -1.69. The third kappa shape index (κ3) is 2.21. The zero-order chi connectivity index (χ0) is 12.6. The van der Waals surface area contributed by atoms with E-state index in [1.807, 2.05) is 0 Å². The fourth-order valence-electron chi connectivity index (χ4n) is 1.96. The third-order valence-electron chi connectivity index (χ3n) is 2.92. The minimum Gasteiger partial charge on any atom is -0.503 e. The van der Waals surface area contributed by atoms with Crippen molar-refractivity contribution >= 4 is 5.97 Å². The molecule has 1 aliphatic heterocycles. The molecule has 1 aliphatic rings. The Labute approximate surface area is 95.9 Å². The van der Waals surface area contributed by atoms with Crippen LogP contribution in [-0.2, 0) is 4.79 Å². The number of carboxylic acids is 1. The molecule has 0 saturated carbocycles. The van der Waals surface area contributed by atoms with Gasteiger partial charge in [-0.25, -0.2) is 8.78 Å². The number of phenols is 1. The second-order valence-electron chi connectivity index (χ2n) is 4.06. The summed E-state index contributed by atoms with van der Waals surface area (Å²) < 4.78 is 26.2. The molecule has 0 radical (unpaired) electrons. The summed E-state index contributed by atoms with van der Waals surface area (Å²) in [7, 11) is 0. The van der Waals surface area contributed by atoms with Gasteiger partial charge in [0.15, 0.2) is 17.4 Å². The van der Waals surface area contributed by atoms with Crippen LogP contribution < -0.4 is 5.32 Å². The molecule has 2 rings (SSSR count). The molecule has 1 saturated heterocycles. The molecule has 6 heteroatoms. The highest BCUT2D eigenvalue weighted by atomic mass is 19.1. The molecule has 1 heterocycles. The second-order valence-corrected chi connectivity index (χ2v) is 4.06. The Morgan fingerprint density at radius 2 is 1.94 bits per heavy atom. The zero-order valence-corrected chi connectivity index (χ0v) is 8.78. The van der Waals surface area contributed by atoms with Gasteiger partial charge >= 0.3 is 5.97 Å². The molecular formula is C11H11F2NO3. The van der Waals surface area contributed by atoms with Gasteiger partial charge in [0.05, 0.1) is 5.92 Å². The average molecular weight is 243 g/mol. The van der Waals surface area contributed by atoms with E-state index in [1.54, 1.807) is 0 Å². The van der Waals surface area contributed by atoms with Crippen LogP contribution in [0.25, 0.3) is 0 Å². The van der Waals surface area contributed by atoms with Gasteiger partial charge in [0.25, 0.3) is 0 Å². The predicted octanol–water partition coefficient (Wildman–Crippen LogP) is 1.41. The first-order chi connectivity index (χ1) is 7.99. The molecule has 92 valence electrons. The lowest BCUT2D eigenvalue weighted by atomic mass is 10.00. The molecule has 1 fully saturated rings. The maximum Gasteiger partial charge on any atom is 0.307 e. The fraction of sp³-hybridized carbons (Fsp3) is 0.364. The van der Waals surface area contributed by atoms with Gasteiger partial charge in [0.1, 0.15) is 0 Å². The van der Waals surface area contributed by atoms with Crippen molar-refractivity contribution in [2.75, 3.05) is 6.54 Å². The van der Waals surface area contributed by atoms with E-state index < -0.39 is 35.3 Å². The highest BCUT2D eigenvalue weighted by Gasteiger charge is 2.30. The maximum atomic E-state index is 13.1. The van der Waals surface area contributed by atoms with Crippen LogP contribution in [0.1, 0.15) is 18.0 Å². The Bertz CT molecular complexity index is 441. The Morgan fingerprint density at radius 1 is 1.35 bits per heavy atom. The van der Waals surface area contributed by atoms with Crippen LogP contribution in [0.4, 0.5) is 8.78 Å². The van der Waals surface area contributed by atoms with Gasteiger partial charge in [-0.1, -0.05) is 0 Å². The van der Waals surface area contributed by atoms with Crippen LogP contribution in [0, 0.1) is 17.6 Å². The summed E-state index contributed by atoms with van der Waals surface area (Å²) in [5, 5.41) is 20.6. The topological polar surface area (TPSA) is 69.6 Å². The monoisotopic (exact) mass is 243 g/mol. The molecule has 1 aromatic rings. The van der Waals surface area contributed by atoms with Crippen LogP contribution >= 0.6 is 0 Å². The number of aliphatic carboxylic acids is 1. The summed E-state index contributed by atoms with van der Waals surface area (Å²) in [6.07, 6.45) is 0.277. The van der Waals surface area contributed by atoms with E-state index >= 15 is 0 Å². The van der Waals surface area contributed by atoms with Crippen molar-refractivity contribution in [1.82, 2.24) is 5.32 Å². The van der Waals surface area contributed by atoms with Crippen molar-refractivity contribution in [3.8, 4) is 5.75 Å². The first-order valence-corrected chi connectivity index (χ1v) is 5.13. The smallest absolute Gasteiger partial charge is 0.307 e. The van der Waals surface area contributed by atoms with Gasteiger partial charge < -0.3 is 15.5 Å². The summed E-state index contributed by atoms with van der Waals surface area (Å²) >= 11 is 0. The number of carboxylic acid groups (broad SMARTS) is 1. The molecule has 2 atom stereocenters. The molecule has 0 aliphatic carbocycles. The Balaban J connectivity index is 2.22. The van der Waals surface area contributed by atoms with E-state index in [1.165, 1.54) is 0 Å². The number of phenolic OH excluding ortho intramolecular Hbond substituents is 1. The number of aromatic hydroxyl groups is 1. The number of hydrogen-bond donors (Lipinski definition) is 3. The number of rotatable bonds is 2. The molecule has 0 bridgehead atoms. The van der Waals surface area contributed by atoms with E-state index in [0.717, 1.165) is 12.1 Å². The van der Waals surface area contributed by atoms with E-state index in [0.29, 0.717) is 5.56 Å². The van der Waals surface area contributed by atoms with Crippen LogP contribution in [-0.4, -0.2) is 22.7 Å². The lowest BCUT2D eigenvalue weighted by molar-refractivity contribution is -0.141. The fourth-order valence-corrected chi connectivity index (χ4v) is 1.96. The van der Waals surface area contributed by atoms with Crippen molar-refractivity contribution in [2.45, 2.75) is 12.5 Å². The number of nitrogens with one attached hydrogen (secondary N) is 1. The predicted molar refractivity (Wildman–Crippen MR) is 54.5 cm³/mol. The molecule has 17 heavy (non-hydrogen) atoms. The van der Waals surface area contributed by atoms with Crippen molar-refractivity contribution < 1.29 is 23.8 Å². The number of halogens is 2. The van der Waals surface area contributed by atoms with Crippen LogP contribution in [0.5, 0.6) is 5.75 Å². The normalized spacial score (nSPS) is 23.9. The van der Waals surface area contributed by atoms with E-state index in [4.69, 9.17) is 10.2 Å². The molecule has 4 nitrogen and oxygen atoms in total. The van der Waals surface area contributed by atoms with Gasteiger partial charge in [-0.2, -0.15) is 0 Å². The molecule has 2 unspecified atom stereocenters. The quantitative estimate of drug-likeness (QED) is 0.734. The third-order valence-corrected chi connectivity index (χ3v) is 2.92. The molecule has 0 spiro atoms. The first kappa shape index (κ1) is 11.8. The van der Waals surface area contributed by atoms with Crippen LogP contribution in [0.2, 0.25) is 0 Å². The largest absolute Gasteiger partial charge is 0.503 e. The van der Waals surface area contributed by atoms with Gasteiger partial charge in [-0.15, -0.1) is 0 Å². The van der Waals surface area contributed by atoms with Crippen molar-refractivity contribution in [3.05, 3.63) is 29.3 Å². The first-order valence-electron chi connectivity index (χ1n) is 5.13. The van der Waals surface area contributed by atoms with Gasteiger partial charge in [-0.3, -0.25) is 4.79 Å². The Kier molecular flexibility index (Phi) is 2.97. The molecule has 1 aromatic carbocycles. The summed E-state index contributed by atoms with van der Waals surface area (Å²) in [5.41, 5.74) is 0.307. The lowest BCUT2D eigenvalue weighted by Gasteiger charge is -2.11. The van der Waals surface area contributed by atoms with Crippen molar-refractivity contribution in [3.63, 3.8) is 0 Å². The standard InChI is InChI=1S/C11H11F2NO3/c12-7-1-5(2-8(13)10(7)15)9-3-6(4-14-9)11(16)17/h1-2,6,9,14-15H,3-4H2,(H,16,17). The molecule has 3 N–H and O–H groups in total. The molecule has 0 amide bonds. The summed E-state index contributed by atoms with van der Waals surface area (Å²) in [6.45, 7) is 0.268. The van der Waals surface area contributed by atoms with Gasteiger partial charge in [0, 0.05) is 12.6 Å². The van der Waals surface area contributed by atoms with Crippen molar-refractivity contribution in [1.29, 1.82) is 0 Å². The maximum absolute atomic E-state index is 13.1. The summed E-state index contributed by atoms with van der Waals surface area (Å²) in [4.78, 5) is 10.7. The average Bonchev–Trinajstić information content (AvgIpc) is 2.74. The van der Waals surface area contributed by atoms with E-state index in [-0.39, 0.29) is 13.0 Å². The van der Waals surface area contributed by atoms with E-state index in [2.05, 4.69) is 5.32 Å². The minimum absolute atomic E-state index is 0.268. The number of hydrogen-bond acceptors (Lipinski definition) is 3. The zero-order valence-electron chi connectivity index (χ0n) is 8.78. The lowest BCUT2D eigenvalue weighted by Crippen LogP contribution is -2.17. The summed E-state index contributed by atoms with van der Waals surface area (Å²) in [6, 6.07) is 1.63. The van der Waals surface area contributed by atoms with Crippen molar-refractivity contribution in [2.24, 2.45) is 5.92 Å². The number of carbonyl (C=O) groups is 1. The molecule has 0 aromatic heterocycles. The SMILES string of the molecule is O=C(O)C1CNC(c2cc(F)c(O)c(F)c2)C1. The summed E-state index contributed by atoms with van der Waals surface area (Å²) in [5.74, 6) is -4.58. The Morgan fingerprint density at radius 3 is 2.41 bits per heavy atom. The minimum atomic E-state index is -1.04. The second kappa shape index (κ2) is 4.29.